The number of benzene rings is 2. The van der Waals surface area contributed by atoms with Gasteiger partial charge >= 0.3 is 0 Å². The second kappa shape index (κ2) is 8.16. The molecule has 0 bridgehead atoms. The molecular weight excluding hydrogens is 282 g/mol. The summed E-state index contributed by atoms with van der Waals surface area (Å²) in [6.45, 7) is 6.55. The minimum atomic E-state index is 0.698. The standard InChI is InChI=1S/C21H27NO/c1-18-7-9-21(10-8-18)23-17-20-12-15-22(16-13-20)14-11-19-5-3-2-4-6-19/h2-10,20H,11-17H2,1H3. The van der Waals surface area contributed by atoms with Crippen LogP contribution in [-0.4, -0.2) is 31.1 Å². The first-order chi connectivity index (χ1) is 11.3. The van der Waals surface area contributed by atoms with Crippen molar-refractivity contribution in [3.05, 3.63) is 65.7 Å². The predicted molar refractivity (Wildman–Crippen MR) is 96.0 cm³/mol. The lowest BCUT2D eigenvalue weighted by molar-refractivity contribution is 0.142. The molecule has 0 aliphatic carbocycles. The molecule has 0 atom stereocenters. The molecule has 1 heterocycles. The molecule has 1 saturated heterocycles. The maximum atomic E-state index is 5.95. The van der Waals surface area contributed by atoms with E-state index < -0.39 is 0 Å². The van der Waals surface area contributed by atoms with Gasteiger partial charge in [-0.05, 0) is 62.9 Å². The molecule has 0 spiro atoms. The molecule has 1 aliphatic rings. The summed E-state index contributed by atoms with van der Waals surface area (Å²) in [5.41, 5.74) is 2.72. The second-order valence-corrected chi connectivity index (χ2v) is 6.64. The van der Waals surface area contributed by atoms with Gasteiger partial charge < -0.3 is 9.64 Å². The van der Waals surface area contributed by atoms with Gasteiger partial charge in [0.2, 0.25) is 0 Å². The maximum Gasteiger partial charge on any atom is 0.119 e. The highest BCUT2D eigenvalue weighted by Crippen LogP contribution is 2.20. The van der Waals surface area contributed by atoms with E-state index in [0.29, 0.717) is 5.92 Å². The van der Waals surface area contributed by atoms with Crippen LogP contribution < -0.4 is 4.74 Å². The Kier molecular flexibility index (Phi) is 5.71. The van der Waals surface area contributed by atoms with E-state index in [2.05, 4.69) is 66.4 Å². The zero-order valence-electron chi connectivity index (χ0n) is 14.1. The van der Waals surface area contributed by atoms with Gasteiger partial charge in [0.25, 0.3) is 0 Å². The highest BCUT2D eigenvalue weighted by molar-refractivity contribution is 5.26. The molecule has 0 N–H and O–H groups in total. The lowest BCUT2D eigenvalue weighted by Gasteiger charge is -2.31. The third-order valence-corrected chi connectivity index (χ3v) is 4.77. The van der Waals surface area contributed by atoms with Crippen LogP contribution in [-0.2, 0) is 6.42 Å². The average molecular weight is 309 g/mol. The normalized spacial score (nSPS) is 16.4. The molecular formula is C21H27NO. The number of aryl methyl sites for hydroxylation is 1. The molecule has 23 heavy (non-hydrogen) atoms. The first-order valence-electron chi connectivity index (χ1n) is 8.75. The monoisotopic (exact) mass is 309 g/mol. The lowest BCUT2D eigenvalue weighted by atomic mass is 9.97. The Bertz CT molecular complexity index is 571. The number of rotatable bonds is 6. The third kappa shape index (κ3) is 5.11. The predicted octanol–water partition coefficient (Wildman–Crippen LogP) is 4.33. The summed E-state index contributed by atoms with van der Waals surface area (Å²) in [5, 5.41) is 0. The summed E-state index contributed by atoms with van der Waals surface area (Å²) in [6.07, 6.45) is 3.66. The Morgan fingerprint density at radius 2 is 1.65 bits per heavy atom. The molecule has 0 radical (unpaired) electrons. The van der Waals surface area contributed by atoms with Crippen molar-refractivity contribution >= 4 is 0 Å². The lowest BCUT2D eigenvalue weighted by Crippen LogP contribution is -2.36. The zero-order chi connectivity index (χ0) is 15.9. The summed E-state index contributed by atoms with van der Waals surface area (Å²) in [6, 6.07) is 19.2. The minimum Gasteiger partial charge on any atom is -0.493 e. The van der Waals surface area contributed by atoms with Gasteiger partial charge in [0.05, 0.1) is 6.61 Å². The van der Waals surface area contributed by atoms with Gasteiger partial charge in [0.1, 0.15) is 5.75 Å². The van der Waals surface area contributed by atoms with Gasteiger partial charge in [-0.25, -0.2) is 0 Å². The molecule has 0 saturated carbocycles. The van der Waals surface area contributed by atoms with Gasteiger partial charge in [0.15, 0.2) is 0 Å². The van der Waals surface area contributed by atoms with Crippen molar-refractivity contribution in [1.29, 1.82) is 0 Å². The molecule has 3 rings (SSSR count). The van der Waals surface area contributed by atoms with Crippen molar-refractivity contribution in [3.8, 4) is 5.75 Å². The highest BCUT2D eigenvalue weighted by atomic mass is 16.5. The van der Waals surface area contributed by atoms with Crippen LogP contribution >= 0.6 is 0 Å². The van der Waals surface area contributed by atoms with Gasteiger partial charge in [-0.15, -0.1) is 0 Å². The van der Waals surface area contributed by atoms with E-state index in [1.807, 2.05) is 0 Å². The van der Waals surface area contributed by atoms with Gasteiger partial charge in [-0.3, -0.25) is 0 Å². The van der Waals surface area contributed by atoms with E-state index >= 15 is 0 Å². The van der Waals surface area contributed by atoms with Crippen molar-refractivity contribution in [2.45, 2.75) is 26.2 Å². The fraction of sp³-hybridized carbons (Fsp3) is 0.429. The number of nitrogens with zero attached hydrogens (tertiary/aromatic N) is 1. The van der Waals surface area contributed by atoms with Crippen molar-refractivity contribution < 1.29 is 4.74 Å². The highest BCUT2D eigenvalue weighted by Gasteiger charge is 2.19. The van der Waals surface area contributed by atoms with Gasteiger partial charge in [-0.1, -0.05) is 48.0 Å². The number of hydrogen-bond acceptors (Lipinski definition) is 2. The molecule has 1 fully saturated rings. The molecule has 0 amide bonds. The Balaban J connectivity index is 1.36. The zero-order valence-corrected chi connectivity index (χ0v) is 14.1. The van der Waals surface area contributed by atoms with E-state index in [1.54, 1.807) is 0 Å². The largest absolute Gasteiger partial charge is 0.493 e. The van der Waals surface area contributed by atoms with Gasteiger partial charge in [0, 0.05) is 6.54 Å². The number of ether oxygens (including phenoxy) is 1. The van der Waals surface area contributed by atoms with Crippen molar-refractivity contribution in [1.82, 2.24) is 4.90 Å². The van der Waals surface area contributed by atoms with Crippen LogP contribution in [0.15, 0.2) is 54.6 Å². The van der Waals surface area contributed by atoms with Crippen molar-refractivity contribution in [2.24, 2.45) is 5.92 Å². The average Bonchev–Trinajstić information content (AvgIpc) is 2.61. The van der Waals surface area contributed by atoms with Crippen LogP contribution in [0.4, 0.5) is 0 Å². The summed E-state index contributed by atoms with van der Waals surface area (Å²) >= 11 is 0. The molecule has 0 unspecified atom stereocenters. The summed E-state index contributed by atoms with van der Waals surface area (Å²) in [7, 11) is 0. The Morgan fingerprint density at radius 3 is 2.35 bits per heavy atom. The van der Waals surface area contributed by atoms with Gasteiger partial charge in [-0.2, -0.15) is 0 Å². The van der Waals surface area contributed by atoms with Crippen molar-refractivity contribution in [3.63, 3.8) is 0 Å². The van der Waals surface area contributed by atoms with E-state index in [-0.39, 0.29) is 0 Å². The number of hydrogen-bond donors (Lipinski definition) is 0. The van der Waals surface area contributed by atoms with E-state index in [1.165, 1.54) is 43.6 Å². The second-order valence-electron chi connectivity index (χ2n) is 6.64. The Hall–Kier alpha value is -1.80. The fourth-order valence-corrected chi connectivity index (χ4v) is 3.16. The molecule has 2 aromatic rings. The van der Waals surface area contributed by atoms with Crippen LogP contribution in [0.5, 0.6) is 5.75 Å². The Morgan fingerprint density at radius 1 is 0.957 bits per heavy atom. The Labute approximate surface area is 140 Å². The maximum absolute atomic E-state index is 5.95. The first-order valence-corrected chi connectivity index (χ1v) is 8.75. The first kappa shape index (κ1) is 16.1. The van der Waals surface area contributed by atoms with Crippen molar-refractivity contribution in [2.75, 3.05) is 26.2 Å². The summed E-state index contributed by atoms with van der Waals surface area (Å²) < 4.78 is 5.95. The molecule has 2 nitrogen and oxygen atoms in total. The van der Waals surface area contributed by atoms with E-state index in [0.717, 1.165) is 18.8 Å². The molecule has 1 aliphatic heterocycles. The third-order valence-electron chi connectivity index (χ3n) is 4.77. The quantitative estimate of drug-likeness (QED) is 0.787. The molecule has 0 aromatic heterocycles. The van der Waals surface area contributed by atoms with Crippen LogP contribution in [0.1, 0.15) is 24.0 Å². The number of likely N-dealkylation sites (tertiary alicyclic amines) is 1. The van der Waals surface area contributed by atoms with Crippen LogP contribution in [0, 0.1) is 12.8 Å². The molecule has 122 valence electrons. The topological polar surface area (TPSA) is 12.5 Å². The molecule has 2 heteroatoms. The van der Waals surface area contributed by atoms with Crippen LogP contribution in [0.25, 0.3) is 0 Å². The van der Waals surface area contributed by atoms with Crippen LogP contribution in [0.3, 0.4) is 0 Å². The minimum absolute atomic E-state index is 0.698. The molecule has 2 aromatic carbocycles. The van der Waals surface area contributed by atoms with Crippen LogP contribution in [0.2, 0.25) is 0 Å². The van der Waals surface area contributed by atoms with E-state index in [4.69, 9.17) is 4.74 Å². The summed E-state index contributed by atoms with van der Waals surface area (Å²) in [5.74, 6) is 1.70. The summed E-state index contributed by atoms with van der Waals surface area (Å²) in [4.78, 5) is 2.59. The fourth-order valence-electron chi connectivity index (χ4n) is 3.16. The SMILES string of the molecule is Cc1ccc(OCC2CCN(CCc3ccccc3)CC2)cc1. The van der Waals surface area contributed by atoms with E-state index in [9.17, 15) is 0 Å². The number of piperidine rings is 1. The smallest absolute Gasteiger partial charge is 0.119 e.